The number of hydrogen-bond donors (Lipinski definition) is 1. The molecule has 0 fully saturated rings. The molecule has 1 aliphatic carbocycles. The van der Waals surface area contributed by atoms with Crippen LogP contribution in [-0.2, 0) is 17.6 Å². The first kappa shape index (κ1) is 18.5. The normalized spacial score (nSPS) is 16.5. The van der Waals surface area contributed by atoms with E-state index >= 15 is 0 Å². The lowest BCUT2D eigenvalue weighted by Crippen LogP contribution is -2.26. The molecule has 26 heavy (non-hydrogen) atoms. The molecule has 0 bridgehead atoms. The quantitative estimate of drug-likeness (QED) is 0.844. The summed E-state index contributed by atoms with van der Waals surface area (Å²) in [5.41, 5.74) is 2.00. The highest BCUT2D eigenvalue weighted by atomic mass is 32.1. The van der Waals surface area contributed by atoms with Crippen LogP contribution < -0.4 is 10.1 Å². The number of hydrogen-bond acceptors (Lipinski definition) is 4. The summed E-state index contributed by atoms with van der Waals surface area (Å²) in [6, 6.07) is 11.5. The van der Waals surface area contributed by atoms with Crippen LogP contribution in [0.1, 0.15) is 43.2 Å². The van der Waals surface area contributed by atoms with Gasteiger partial charge < -0.3 is 10.1 Å². The van der Waals surface area contributed by atoms with Gasteiger partial charge in [-0.1, -0.05) is 39.0 Å². The third-order valence-corrected chi connectivity index (χ3v) is 6.14. The number of carbonyl (C=O) groups is 1. The first-order valence-corrected chi connectivity index (χ1v) is 9.72. The molecule has 1 aromatic carbocycles. The summed E-state index contributed by atoms with van der Waals surface area (Å²) >= 11 is 1.55. The van der Waals surface area contributed by atoms with E-state index in [1.165, 1.54) is 4.88 Å². The number of rotatable bonds is 4. The molecular weight excluding hydrogens is 344 g/mol. The van der Waals surface area contributed by atoms with Gasteiger partial charge in [-0.15, -0.1) is 11.3 Å². The number of benzene rings is 1. The van der Waals surface area contributed by atoms with Crippen LogP contribution in [0.2, 0.25) is 0 Å². The minimum absolute atomic E-state index is 0.0674. The molecule has 2 aromatic rings. The number of fused-ring (bicyclic) bond motifs is 1. The molecule has 0 unspecified atom stereocenters. The zero-order chi connectivity index (χ0) is 18.7. The number of amides is 1. The predicted octanol–water partition coefficient (Wildman–Crippen LogP) is 4.79. The van der Waals surface area contributed by atoms with Gasteiger partial charge in [0.1, 0.15) is 16.8 Å². The smallest absolute Gasteiger partial charge is 0.262 e. The van der Waals surface area contributed by atoms with Crippen LogP contribution in [0.25, 0.3) is 0 Å². The highest BCUT2D eigenvalue weighted by Crippen LogP contribution is 2.43. The largest absolute Gasteiger partial charge is 0.484 e. The van der Waals surface area contributed by atoms with Crippen molar-refractivity contribution in [1.82, 2.24) is 0 Å². The molecular formula is C21H24N2O2S. The Morgan fingerprint density at radius 2 is 2.08 bits per heavy atom. The Bertz CT molecular complexity index is 828. The number of nitrogens with one attached hydrogen (secondary N) is 1. The van der Waals surface area contributed by atoms with Crippen LogP contribution in [0.4, 0.5) is 5.00 Å². The fraction of sp³-hybridized carbons (Fsp3) is 0.429. The van der Waals surface area contributed by atoms with Crippen molar-refractivity contribution in [3.63, 3.8) is 0 Å². The number of para-hydroxylation sites is 1. The molecule has 0 aliphatic heterocycles. The Hall–Kier alpha value is -2.32. The van der Waals surface area contributed by atoms with E-state index in [1.54, 1.807) is 11.3 Å². The third-order valence-electron chi connectivity index (χ3n) is 4.97. The van der Waals surface area contributed by atoms with Crippen molar-refractivity contribution < 1.29 is 9.53 Å². The summed E-state index contributed by atoms with van der Waals surface area (Å²) in [5.74, 6) is 1.02. The van der Waals surface area contributed by atoms with Crippen molar-refractivity contribution in [2.45, 2.75) is 40.0 Å². The maximum atomic E-state index is 12.3. The number of thiophene rings is 1. The van der Waals surface area contributed by atoms with E-state index in [9.17, 15) is 10.1 Å². The molecule has 1 aromatic heterocycles. The second-order valence-electron chi connectivity index (χ2n) is 7.78. The number of nitriles is 1. The maximum absolute atomic E-state index is 12.3. The monoisotopic (exact) mass is 368 g/mol. The highest BCUT2D eigenvalue weighted by Gasteiger charge is 2.32. The first-order chi connectivity index (χ1) is 12.4. The lowest BCUT2D eigenvalue weighted by atomic mass is 9.72. The minimum atomic E-state index is -0.240. The number of nitrogens with zero attached hydrogens (tertiary/aromatic N) is 1. The average molecular weight is 369 g/mol. The van der Waals surface area contributed by atoms with E-state index < -0.39 is 0 Å². The molecule has 136 valence electrons. The van der Waals surface area contributed by atoms with E-state index in [4.69, 9.17) is 4.74 Å². The van der Waals surface area contributed by atoms with Crippen LogP contribution in [-0.4, -0.2) is 12.5 Å². The van der Waals surface area contributed by atoms with Gasteiger partial charge in [0, 0.05) is 4.88 Å². The van der Waals surface area contributed by atoms with Crippen LogP contribution in [0, 0.1) is 22.7 Å². The average Bonchev–Trinajstić information content (AvgIpc) is 2.96. The Kier molecular flexibility index (Phi) is 5.33. The van der Waals surface area contributed by atoms with Crippen molar-refractivity contribution in [3.8, 4) is 11.8 Å². The lowest BCUT2D eigenvalue weighted by Gasteiger charge is -2.33. The molecule has 4 nitrogen and oxygen atoms in total. The van der Waals surface area contributed by atoms with Gasteiger partial charge in [-0.25, -0.2) is 0 Å². The molecule has 0 saturated heterocycles. The zero-order valence-corrected chi connectivity index (χ0v) is 16.3. The number of ether oxygens (including phenoxy) is 1. The SMILES string of the molecule is CC(C)(C)[C@H]1CCc2c(sc(NC(=O)COc3ccccc3)c2C#N)C1. The van der Waals surface area contributed by atoms with E-state index in [1.807, 2.05) is 30.3 Å². The van der Waals surface area contributed by atoms with Gasteiger partial charge in [-0.2, -0.15) is 5.26 Å². The van der Waals surface area contributed by atoms with E-state index in [2.05, 4.69) is 32.2 Å². The molecule has 5 heteroatoms. The molecule has 3 rings (SSSR count). The number of anilines is 1. The second-order valence-corrected chi connectivity index (χ2v) is 8.88. The standard InChI is InChI=1S/C21H24N2O2S/c1-21(2,3)14-9-10-16-17(12-22)20(26-18(16)11-14)23-19(24)13-25-15-7-5-4-6-8-15/h4-8,14H,9-11,13H2,1-3H3,(H,23,24)/t14-/m0/s1. The second kappa shape index (κ2) is 7.51. The molecule has 1 N–H and O–H groups in total. The fourth-order valence-electron chi connectivity index (χ4n) is 3.36. The predicted molar refractivity (Wildman–Crippen MR) is 105 cm³/mol. The zero-order valence-electron chi connectivity index (χ0n) is 15.5. The maximum Gasteiger partial charge on any atom is 0.262 e. The third kappa shape index (κ3) is 4.08. The van der Waals surface area contributed by atoms with Crippen molar-refractivity contribution in [2.24, 2.45) is 11.3 Å². The minimum Gasteiger partial charge on any atom is -0.484 e. The van der Waals surface area contributed by atoms with Crippen molar-refractivity contribution >= 4 is 22.2 Å². The van der Waals surface area contributed by atoms with Gasteiger partial charge in [0.2, 0.25) is 0 Å². The highest BCUT2D eigenvalue weighted by molar-refractivity contribution is 7.16. The van der Waals surface area contributed by atoms with Gasteiger partial charge in [0.25, 0.3) is 5.91 Å². The van der Waals surface area contributed by atoms with Gasteiger partial charge in [-0.05, 0) is 48.3 Å². The van der Waals surface area contributed by atoms with Gasteiger partial charge in [0.15, 0.2) is 6.61 Å². The topological polar surface area (TPSA) is 62.1 Å². The van der Waals surface area contributed by atoms with Crippen molar-refractivity contribution in [1.29, 1.82) is 5.26 Å². The Balaban J connectivity index is 1.70. The Labute approximate surface area is 158 Å². The fourth-order valence-corrected chi connectivity index (χ4v) is 4.65. The summed E-state index contributed by atoms with van der Waals surface area (Å²) in [7, 11) is 0. The summed E-state index contributed by atoms with van der Waals surface area (Å²) < 4.78 is 5.49. The lowest BCUT2D eigenvalue weighted by molar-refractivity contribution is -0.118. The molecule has 1 atom stereocenters. The molecule has 1 heterocycles. The summed E-state index contributed by atoms with van der Waals surface area (Å²) in [5, 5.41) is 13.1. The van der Waals surface area contributed by atoms with E-state index in [0.29, 0.717) is 22.2 Å². The summed E-state index contributed by atoms with van der Waals surface area (Å²) in [6.45, 7) is 6.74. The van der Waals surface area contributed by atoms with Crippen molar-refractivity contribution in [2.75, 3.05) is 11.9 Å². The van der Waals surface area contributed by atoms with Crippen molar-refractivity contribution in [3.05, 3.63) is 46.3 Å². The van der Waals surface area contributed by atoms with Crippen LogP contribution in [0.15, 0.2) is 30.3 Å². The summed E-state index contributed by atoms with van der Waals surface area (Å²) in [4.78, 5) is 13.5. The van der Waals surface area contributed by atoms with Gasteiger partial charge in [-0.3, -0.25) is 4.79 Å². The Morgan fingerprint density at radius 3 is 2.73 bits per heavy atom. The Morgan fingerprint density at radius 1 is 1.35 bits per heavy atom. The molecule has 1 amide bonds. The molecule has 0 spiro atoms. The number of carbonyl (C=O) groups excluding carboxylic acids is 1. The van der Waals surface area contributed by atoms with Gasteiger partial charge in [0.05, 0.1) is 5.56 Å². The van der Waals surface area contributed by atoms with E-state index in [0.717, 1.165) is 24.8 Å². The van der Waals surface area contributed by atoms with E-state index in [-0.39, 0.29) is 17.9 Å². The molecule has 1 aliphatic rings. The molecule has 0 saturated carbocycles. The van der Waals surface area contributed by atoms with Crippen LogP contribution in [0.5, 0.6) is 5.75 Å². The first-order valence-electron chi connectivity index (χ1n) is 8.91. The van der Waals surface area contributed by atoms with Crippen LogP contribution >= 0.6 is 11.3 Å². The van der Waals surface area contributed by atoms with Crippen LogP contribution in [0.3, 0.4) is 0 Å². The van der Waals surface area contributed by atoms with Gasteiger partial charge >= 0.3 is 0 Å². The molecule has 0 radical (unpaired) electrons. The summed E-state index contributed by atoms with van der Waals surface area (Å²) in [6.07, 6.45) is 2.98.